The van der Waals surface area contributed by atoms with Gasteiger partial charge in [-0.15, -0.1) is 0 Å². The second-order valence-electron chi connectivity index (χ2n) is 3.27. The molecule has 18 heavy (non-hydrogen) atoms. The quantitative estimate of drug-likeness (QED) is 0.634. The number of hydrogen-bond acceptors (Lipinski definition) is 3. The van der Waals surface area contributed by atoms with Crippen LogP contribution in [0.1, 0.15) is 0 Å². The SMILES string of the molecule is O=C(Nc1cccc(F)c1F)N[C@@H](CO)C(=O)O. The number of nitrogens with one attached hydrogen (secondary N) is 2. The maximum absolute atomic E-state index is 13.2. The van der Waals surface area contributed by atoms with Crippen molar-refractivity contribution >= 4 is 17.7 Å². The van der Waals surface area contributed by atoms with Gasteiger partial charge in [0.05, 0.1) is 12.3 Å². The molecule has 1 atom stereocenters. The molecule has 1 rings (SSSR count). The van der Waals surface area contributed by atoms with E-state index >= 15 is 0 Å². The van der Waals surface area contributed by atoms with Crippen LogP contribution in [0.5, 0.6) is 0 Å². The number of carbonyl (C=O) groups excluding carboxylic acids is 1. The molecule has 1 aromatic rings. The Balaban J connectivity index is 2.70. The minimum Gasteiger partial charge on any atom is -0.480 e. The van der Waals surface area contributed by atoms with Gasteiger partial charge in [0.25, 0.3) is 0 Å². The van der Waals surface area contributed by atoms with E-state index in [2.05, 4.69) is 0 Å². The van der Waals surface area contributed by atoms with E-state index in [4.69, 9.17) is 10.2 Å². The molecule has 0 aliphatic rings. The minimum atomic E-state index is -1.53. The fourth-order valence-electron chi connectivity index (χ4n) is 1.10. The number of rotatable bonds is 4. The first-order chi connectivity index (χ1) is 8.45. The van der Waals surface area contributed by atoms with Gasteiger partial charge in [-0.25, -0.2) is 18.4 Å². The van der Waals surface area contributed by atoms with E-state index in [0.29, 0.717) is 0 Å². The molecular weight excluding hydrogens is 250 g/mol. The van der Waals surface area contributed by atoms with Crippen LogP contribution in [-0.2, 0) is 4.79 Å². The Morgan fingerprint density at radius 3 is 2.56 bits per heavy atom. The number of carboxylic acids is 1. The van der Waals surface area contributed by atoms with Crippen LogP contribution in [0.3, 0.4) is 0 Å². The number of aliphatic hydroxyl groups is 1. The third kappa shape index (κ3) is 3.39. The number of benzene rings is 1. The molecule has 0 bridgehead atoms. The second-order valence-corrected chi connectivity index (χ2v) is 3.27. The van der Waals surface area contributed by atoms with Gasteiger partial charge in [0.2, 0.25) is 0 Å². The number of halogens is 2. The highest BCUT2D eigenvalue weighted by molar-refractivity contribution is 5.92. The predicted octanol–water partition coefficient (Wildman–Crippen LogP) is 0.532. The summed E-state index contributed by atoms with van der Waals surface area (Å²) in [6.45, 7) is -0.825. The van der Waals surface area contributed by atoms with Crippen LogP contribution in [0.4, 0.5) is 19.3 Å². The highest BCUT2D eigenvalue weighted by Crippen LogP contribution is 2.16. The van der Waals surface area contributed by atoms with Crippen LogP contribution in [0, 0.1) is 11.6 Å². The molecule has 0 aromatic heterocycles. The average molecular weight is 260 g/mol. The summed E-state index contributed by atoms with van der Waals surface area (Å²) in [6, 6.07) is 0.552. The first-order valence-corrected chi connectivity index (χ1v) is 4.81. The van der Waals surface area contributed by atoms with Crippen LogP contribution >= 0.6 is 0 Å². The zero-order chi connectivity index (χ0) is 13.7. The zero-order valence-electron chi connectivity index (χ0n) is 8.98. The molecule has 0 heterocycles. The summed E-state index contributed by atoms with van der Waals surface area (Å²) in [7, 11) is 0. The van der Waals surface area contributed by atoms with Gasteiger partial charge in [-0.2, -0.15) is 0 Å². The van der Waals surface area contributed by atoms with Crippen molar-refractivity contribution in [3.63, 3.8) is 0 Å². The maximum atomic E-state index is 13.2. The van der Waals surface area contributed by atoms with Crippen molar-refractivity contribution in [3.05, 3.63) is 29.8 Å². The van der Waals surface area contributed by atoms with Crippen LogP contribution in [-0.4, -0.2) is 34.9 Å². The first kappa shape index (κ1) is 13.8. The normalized spacial score (nSPS) is 11.7. The number of carbonyl (C=O) groups is 2. The summed E-state index contributed by atoms with van der Waals surface area (Å²) in [4.78, 5) is 21.8. The van der Waals surface area contributed by atoms with Crippen LogP contribution in [0.25, 0.3) is 0 Å². The Labute approximate surface area is 100 Å². The summed E-state index contributed by atoms with van der Waals surface area (Å²) in [6.07, 6.45) is 0. The highest BCUT2D eigenvalue weighted by atomic mass is 19.2. The number of aliphatic hydroxyl groups excluding tert-OH is 1. The molecule has 0 fully saturated rings. The highest BCUT2D eigenvalue weighted by Gasteiger charge is 2.19. The fourth-order valence-corrected chi connectivity index (χ4v) is 1.10. The summed E-state index contributed by atoms with van der Waals surface area (Å²) >= 11 is 0. The molecule has 2 amide bonds. The Hall–Kier alpha value is -2.22. The lowest BCUT2D eigenvalue weighted by molar-refractivity contribution is -0.140. The van der Waals surface area contributed by atoms with Crippen LogP contribution < -0.4 is 10.6 Å². The van der Waals surface area contributed by atoms with E-state index in [1.807, 2.05) is 10.6 Å². The average Bonchev–Trinajstić information content (AvgIpc) is 2.31. The molecule has 1 aromatic carbocycles. The van der Waals surface area contributed by atoms with Crippen LogP contribution in [0.15, 0.2) is 18.2 Å². The lowest BCUT2D eigenvalue weighted by Crippen LogP contribution is -2.45. The first-order valence-electron chi connectivity index (χ1n) is 4.81. The van der Waals surface area contributed by atoms with Gasteiger partial charge < -0.3 is 20.8 Å². The molecule has 0 aliphatic heterocycles. The van der Waals surface area contributed by atoms with E-state index in [-0.39, 0.29) is 0 Å². The summed E-state index contributed by atoms with van der Waals surface area (Å²) in [5.74, 6) is -3.86. The molecule has 0 radical (unpaired) electrons. The summed E-state index contributed by atoms with van der Waals surface area (Å²) in [5, 5.41) is 21.0. The Morgan fingerprint density at radius 2 is 2.00 bits per heavy atom. The Kier molecular flexibility index (Phi) is 4.55. The van der Waals surface area contributed by atoms with Crippen molar-refractivity contribution in [2.24, 2.45) is 0 Å². The van der Waals surface area contributed by atoms with Gasteiger partial charge in [0.1, 0.15) is 0 Å². The van der Waals surface area contributed by atoms with E-state index in [1.54, 1.807) is 0 Å². The number of anilines is 1. The van der Waals surface area contributed by atoms with E-state index in [1.165, 1.54) is 6.07 Å². The summed E-state index contributed by atoms with van der Waals surface area (Å²) in [5.41, 5.74) is -0.436. The van der Waals surface area contributed by atoms with Gasteiger partial charge in [0, 0.05) is 0 Å². The zero-order valence-corrected chi connectivity index (χ0v) is 8.98. The van der Waals surface area contributed by atoms with E-state index in [0.717, 1.165) is 12.1 Å². The molecule has 0 saturated carbocycles. The number of urea groups is 1. The molecule has 6 nitrogen and oxygen atoms in total. The van der Waals surface area contributed by atoms with Crippen molar-refractivity contribution < 1.29 is 28.6 Å². The third-order valence-electron chi connectivity index (χ3n) is 1.99. The standard InChI is InChI=1S/C10H10F2N2O4/c11-5-2-1-3-6(8(5)12)13-10(18)14-7(4-15)9(16)17/h1-3,7,15H,4H2,(H,16,17)(H2,13,14,18)/t7-/m0/s1. The van der Waals surface area contributed by atoms with Gasteiger partial charge in [-0.1, -0.05) is 6.07 Å². The lowest BCUT2D eigenvalue weighted by atomic mass is 10.3. The molecule has 8 heteroatoms. The summed E-state index contributed by atoms with van der Waals surface area (Å²) < 4.78 is 26.0. The Bertz CT molecular complexity index is 467. The van der Waals surface area contributed by atoms with Crippen molar-refractivity contribution in [2.45, 2.75) is 6.04 Å². The molecule has 98 valence electrons. The molecule has 0 aliphatic carbocycles. The number of hydrogen-bond donors (Lipinski definition) is 4. The van der Waals surface area contributed by atoms with Crippen molar-refractivity contribution in [1.29, 1.82) is 0 Å². The second kappa shape index (κ2) is 5.92. The maximum Gasteiger partial charge on any atom is 0.328 e. The number of carboxylic acid groups (broad SMARTS) is 1. The largest absolute Gasteiger partial charge is 0.480 e. The number of aliphatic carboxylic acids is 1. The fraction of sp³-hybridized carbons (Fsp3) is 0.200. The third-order valence-corrected chi connectivity index (χ3v) is 1.99. The number of amides is 2. The Morgan fingerprint density at radius 1 is 1.33 bits per heavy atom. The lowest BCUT2D eigenvalue weighted by Gasteiger charge is -2.13. The minimum absolute atomic E-state index is 0.436. The van der Waals surface area contributed by atoms with Gasteiger partial charge in [-0.3, -0.25) is 0 Å². The van der Waals surface area contributed by atoms with E-state index in [9.17, 15) is 18.4 Å². The molecule has 0 saturated heterocycles. The van der Waals surface area contributed by atoms with E-state index < -0.39 is 42.0 Å². The molecule has 4 N–H and O–H groups in total. The smallest absolute Gasteiger partial charge is 0.328 e. The van der Waals surface area contributed by atoms with Crippen molar-refractivity contribution in [1.82, 2.24) is 5.32 Å². The molecule has 0 spiro atoms. The molecule has 0 unspecified atom stereocenters. The van der Waals surface area contributed by atoms with Gasteiger partial charge >= 0.3 is 12.0 Å². The van der Waals surface area contributed by atoms with Crippen LogP contribution in [0.2, 0.25) is 0 Å². The topological polar surface area (TPSA) is 98.7 Å². The monoisotopic (exact) mass is 260 g/mol. The predicted molar refractivity (Wildman–Crippen MR) is 57.0 cm³/mol. The van der Waals surface area contributed by atoms with Crippen molar-refractivity contribution in [2.75, 3.05) is 11.9 Å². The van der Waals surface area contributed by atoms with Gasteiger partial charge in [0.15, 0.2) is 17.7 Å². The van der Waals surface area contributed by atoms with Crippen molar-refractivity contribution in [3.8, 4) is 0 Å². The molecular formula is C10H10F2N2O4. The van der Waals surface area contributed by atoms with Gasteiger partial charge in [-0.05, 0) is 12.1 Å².